The van der Waals surface area contributed by atoms with E-state index in [1.165, 1.54) is 0 Å². The molecule has 0 radical (unpaired) electrons. The maximum Gasteiger partial charge on any atom is 0.240 e. The highest BCUT2D eigenvalue weighted by Gasteiger charge is 2.56. The van der Waals surface area contributed by atoms with Crippen LogP contribution in [0.25, 0.3) is 0 Å². The monoisotopic (exact) mass is 379 g/mol. The van der Waals surface area contributed by atoms with Gasteiger partial charge in [-0.25, -0.2) is 0 Å². The summed E-state index contributed by atoms with van der Waals surface area (Å²) < 4.78 is 0. The molecule has 0 heterocycles. The van der Waals surface area contributed by atoms with E-state index >= 15 is 0 Å². The van der Waals surface area contributed by atoms with Gasteiger partial charge in [-0.2, -0.15) is 0 Å². The van der Waals surface area contributed by atoms with E-state index in [0.717, 1.165) is 35.3 Å². The van der Waals surface area contributed by atoms with Crippen molar-refractivity contribution in [1.82, 2.24) is 0 Å². The Bertz CT molecular complexity index is 846. The van der Waals surface area contributed by atoms with Gasteiger partial charge in [-0.3, -0.25) is 9.59 Å². The van der Waals surface area contributed by atoms with Crippen LogP contribution in [0.15, 0.2) is 42.5 Å². The number of para-hydroxylation sites is 1. The molecule has 5 heteroatoms. The summed E-state index contributed by atoms with van der Waals surface area (Å²) >= 11 is 0. The second-order valence-electron chi connectivity index (χ2n) is 7.59. The fourth-order valence-electron chi connectivity index (χ4n) is 3.41. The number of nitrogens with one attached hydrogen (secondary N) is 2. The van der Waals surface area contributed by atoms with E-state index < -0.39 is 5.41 Å². The lowest BCUT2D eigenvalue weighted by Gasteiger charge is -2.19. The van der Waals surface area contributed by atoms with Gasteiger partial charge < -0.3 is 15.5 Å². The Kier molecular flexibility index (Phi) is 5.73. The third-order valence-electron chi connectivity index (χ3n) is 5.50. The van der Waals surface area contributed by atoms with E-state index in [1.54, 1.807) is 0 Å². The van der Waals surface area contributed by atoms with Crippen LogP contribution in [0.3, 0.4) is 0 Å². The number of aryl methyl sites for hydroxylation is 2. The summed E-state index contributed by atoms with van der Waals surface area (Å²) in [5.41, 5.74) is 3.86. The first-order valence-corrected chi connectivity index (χ1v) is 9.92. The number of carbonyl (C=O) groups excluding carboxylic acids is 2. The van der Waals surface area contributed by atoms with Crippen molar-refractivity contribution in [2.75, 3.05) is 29.6 Å². The third-order valence-corrected chi connectivity index (χ3v) is 5.50. The van der Waals surface area contributed by atoms with E-state index in [2.05, 4.69) is 24.5 Å². The number of benzene rings is 2. The number of hydrogen-bond acceptors (Lipinski definition) is 3. The molecular weight excluding hydrogens is 350 g/mol. The van der Waals surface area contributed by atoms with Crippen molar-refractivity contribution < 1.29 is 9.59 Å². The largest absolute Gasteiger partial charge is 0.378 e. The van der Waals surface area contributed by atoms with Crippen LogP contribution >= 0.6 is 0 Å². The minimum atomic E-state index is -0.966. The molecule has 0 atom stereocenters. The molecule has 1 saturated carbocycles. The molecule has 148 valence electrons. The minimum Gasteiger partial charge on any atom is -0.378 e. The van der Waals surface area contributed by atoms with Gasteiger partial charge in [0, 0.05) is 31.2 Å². The third kappa shape index (κ3) is 3.88. The van der Waals surface area contributed by atoms with Gasteiger partial charge in [0.15, 0.2) is 0 Å². The molecule has 0 aliphatic heterocycles. The molecular formula is C23H29N3O2. The number of amides is 2. The van der Waals surface area contributed by atoms with Crippen molar-refractivity contribution in [3.8, 4) is 0 Å². The second kappa shape index (κ2) is 8.05. The lowest BCUT2D eigenvalue weighted by molar-refractivity contribution is -0.131. The lowest BCUT2D eigenvalue weighted by atomic mass is 10.0. The first-order valence-electron chi connectivity index (χ1n) is 9.92. The molecule has 2 aromatic rings. The smallest absolute Gasteiger partial charge is 0.240 e. The maximum atomic E-state index is 13.0. The summed E-state index contributed by atoms with van der Waals surface area (Å²) in [6.07, 6.45) is 2.83. The van der Waals surface area contributed by atoms with Gasteiger partial charge in [-0.1, -0.05) is 32.0 Å². The van der Waals surface area contributed by atoms with Crippen LogP contribution in [0, 0.1) is 5.41 Å². The van der Waals surface area contributed by atoms with Crippen molar-refractivity contribution in [3.63, 3.8) is 0 Å². The normalized spacial score (nSPS) is 14.3. The lowest BCUT2D eigenvalue weighted by Crippen LogP contribution is -2.36. The van der Waals surface area contributed by atoms with Crippen LogP contribution in [0.4, 0.5) is 17.1 Å². The van der Waals surface area contributed by atoms with E-state index in [-0.39, 0.29) is 11.8 Å². The van der Waals surface area contributed by atoms with Gasteiger partial charge in [0.25, 0.3) is 0 Å². The fraction of sp³-hybridized carbons (Fsp3) is 0.391. The Morgan fingerprint density at radius 1 is 0.893 bits per heavy atom. The van der Waals surface area contributed by atoms with Crippen molar-refractivity contribution in [2.24, 2.45) is 5.41 Å². The van der Waals surface area contributed by atoms with Crippen LogP contribution in [0.5, 0.6) is 0 Å². The van der Waals surface area contributed by atoms with Gasteiger partial charge in [0.1, 0.15) is 5.41 Å². The summed E-state index contributed by atoms with van der Waals surface area (Å²) in [5, 5.41) is 5.98. The summed E-state index contributed by atoms with van der Waals surface area (Å²) in [5.74, 6) is -0.430. The quantitative estimate of drug-likeness (QED) is 0.708. The standard InChI is InChI=1S/C23H29N3O2/c1-5-16-8-7-9-17(6-2)20(16)25-22(28)23(14-15-23)21(27)24-18-10-12-19(13-11-18)26(3)4/h7-13H,5-6,14-15H2,1-4H3,(H,24,27)(H,25,28). The van der Waals surface area contributed by atoms with Gasteiger partial charge >= 0.3 is 0 Å². The van der Waals surface area contributed by atoms with Crippen LogP contribution in [0.1, 0.15) is 37.8 Å². The number of anilines is 3. The number of nitrogens with zero attached hydrogens (tertiary/aromatic N) is 1. The minimum absolute atomic E-state index is 0.203. The average Bonchev–Trinajstić information content (AvgIpc) is 3.50. The molecule has 0 spiro atoms. The highest BCUT2D eigenvalue weighted by atomic mass is 16.2. The zero-order valence-corrected chi connectivity index (χ0v) is 17.1. The molecule has 0 unspecified atom stereocenters. The Morgan fingerprint density at radius 2 is 1.43 bits per heavy atom. The SMILES string of the molecule is CCc1cccc(CC)c1NC(=O)C1(C(=O)Nc2ccc(N(C)C)cc2)CC1. The topological polar surface area (TPSA) is 61.4 Å². The van der Waals surface area contributed by atoms with Crippen molar-refractivity contribution >= 4 is 28.9 Å². The molecule has 28 heavy (non-hydrogen) atoms. The van der Waals surface area contributed by atoms with Gasteiger partial charge in [0.2, 0.25) is 11.8 Å². The summed E-state index contributed by atoms with van der Waals surface area (Å²) in [7, 11) is 3.94. The van der Waals surface area contributed by atoms with Crippen molar-refractivity contribution in [3.05, 3.63) is 53.6 Å². The molecule has 5 nitrogen and oxygen atoms in total. The zero-order valence-electron chi connectivity index (χ0n) is 17.1. The molecule has 0 saturated heterocycles. The van der Waals surface area contributed by atoms with Crippen LogP contribution in [-0.4, -0.2) is 25.9 Å². The highest BCUT2D eigenvalue weighted by molar-refractivity contribution is 6.17. The highest BCUT2D eigenvalue weighted by Crippen LogP contribution is 2.48. The molecule has 2 N–H and O–H groups in total. The van der Waals surface area contributed by atoms with Crippen LogP contribution in [-0.2, 0) is 22.4 Å². The molecule has 0 aromatic heterocycles. The summed E-state index contributed by atoms with van der Waals surface area (Å²) in [6.45, 7) is 4.14. The summed E-state index contributed by atoms with van der Waals surface area (Å²) in [4.78, 5) is 27.9. The Balaban J connectivity index is 1.74. The zero-order chi connectivity index (χ0) is 20.3. The fourth-order valence-corrected chi connectivity index (χ4v) is 3.41. The first kappa shape index (κ1) is 19.9. The van der Waals surface area contributed by atoms with E-state index in [9.17, 15) is 9.59 Å². The molecule has 3 rings (SSSR count). The average molecular weight is 380 g/mol. The van der Waals surface area contributed by atoms with Gasteiger partial charge in [-0.15, -0.1) is 0 Å². The number of carbonyl (C=O) groups is 2. The molecule has 2 aromatic carbocycles. The first-order chi connectivity index (χ1) is 13.4. The molecule has 1 aliphatic carbocycles. The maximum absolute atomic E-state index is 13.0. The van der Waals surface area contributed by atoms with Crippen molar-refractivity contribution in [2.45, 2.75) is 39.5 Å². The van der Waals surface area contributed by atoms with Crippen molar-refractivity contribution in [1.29, 1.82) is 0 Å². The molecule has 1 aliphatic rings. The Labute approximate surface area is 167 Å². The van der Waals surface area contributed by atoms with Gasteiger partial charge in [-0.05, 0) is 61.1 Å². The van der Waals surface area contributed by atoms with Gasteiger partial charge in [0.05, 0.1) is 0 Å². The predicted octanol–water partition coefficient (Wildman–Crippen LogP) is 4.23. The molecule has 1 fully saturated rings. The summed E-state index contributed by atoms with van der Waals surface area (Å²) in [6, 6.07) is 13.7. The number of rotatable bonds is 7. The van der Waals surface area contributed by atoms with Crippen LogP contribution in [0.2, 0.25) is 0 Å². The Morgan fingerprint density at radius 3 is 1.89 bits per heavy atom. The van der Waals surface area contributed by atoms with E-state index in [0.29, 0.717) is 18.5 Å². The number of hydrogen-bond donors (Lipinski definition) is 2. The van der Waals surface area contributed by atoms with E-state index in [4.69, 9.17) is 0 Å². The predicted molar refractivity (Wildman–Crippen MR) is 115 cm³/mol. The molecule has 0 bridgehead atoms. The van der Waals surface area contributed by atoms with E-state index in [1.807, 2.05) is 61.5 Å². The molecule has 2 amide bonds. The Hall–Kier alpha value is -2.82. The van der Waals surface area contributed by atoms with Crippen LogP contribution < -0.4 is 15.5 Å². The second-order valence-corrected chi connectivity index (χ2v) is 7.59.